The summed E-state index contributed by atoms with van der Waals surface area (Å²) < 4.78 is 30.4. The van der Waals surface area contributed by atoms with Gasteiger partial charge in [-0.3, -0.25) is 14.0 Å². The van der Waals surface area contributed by atoms with Crippen molar-refractivity contribution in [3.63, 3.8) is 0 Å². The second-order valence-electron chi connectivity index (χ2n) is 11.2. The molecule has 41 heavy (non-hydrogen) atoms. The highest BCUT2D eigenvalue weighted by Gasteiger charge is 2.28. The molecule has 0 unspecified atom stereocenters. The highest BCUT2D eigenvalue weighted by atomic mass is 79.9. The van der Waals surface area contributed by atoms with Crippen molar-refractivity contribution in [1.82, 2.24) is 9.80 Å². The SMILES string of the molecule is CN1CCN(Cc2cccc(C(C)(C)c3cc(Br)cc(N(C)S(=O)(=O)c4ccc5sc(C(N)=O)cc5c4)c3)c2)CC1. The van der Waals surface area contributed by atoms with E-state index in [1.807, 2.05) is 12.1 Å². The fourth-order valence-electron chi connectivity index (χ4n) is 5.21. The molecule has 1 aliphatic heterocycles. The summed E-state index contributed by atoms with van der Waals surface area (Å²) in [6.07, 6.45) is 0. The second-order valence-corrected chi connectivity index (χ2v) is 15.2. The Kier molecular flexibility index (Phi) is 8.33. The minimum absolute atomic E-state index is 0.152. The molecule has 7 nitrogen and oxygen atoms in total. The molecule has 216 valence electrons. The molecule has 1 aliphatic rings. The first-order valence-electron chi connectivity index (χ1n) is 13.5. The molecule has 5 rings (SSSR count). The van der Waals surface area contributed by atoms with Gasteiger partial charge < -0.3 is 10.6 Å². The zero-order valence-electron chi connectivity index (χ0n) is 23.7. The lowest BCUT2D eigenvalue weighted by Crippen LogP contribution is -2.43. The van der Waals surface area contributed by atoms with Gasteiger partial charge in [0.25, 0.3) is 15.9 Å². The normalized spacial score (nSPS) is 15.3. The average molecular weight is 656 g/mol. The van der Waals surface area contributed by atoms with Crippen LogP contribution in [0.2, 0.25) is 0 Å². The number of nitrogens with two attached hydrogens (primary N) is 1. The number of carbonyl (C=O) groups is 1. The molecule has 0 aliphatic carbocycles. The molecule has 1 fully saturated rings. The van der Waals surface area contributed by atoms with Crippen LogP contribution < -0.4 is 10.0 Å². The summed E-state index contributed by atoms with van der Waals surface area (Å²) in [6.45, 7) is 9.54. The number of likely N-dealkylation sites (N-methyl/N-ethyl adjacent to an activating group) is 1. The summed E-state index contributed by atoms with van der Waals surface area (Å²) in [5.74, 6) is -0.526. The van der Waals surface area contributed by atoms with E-state index in [-0.39, 0.29) is 10.3 Å². The van der Waals surface area contributed by atoms with Crippen LogP contribution in [0.15, 0.2) is 76.1 Å². The largest absolute Gasteiger partial charge is 0.365 e. The van der Waals surface area contributed by atoms with Crippen molar-refractivity contribution in [1.29, 1.82) is 0 Å². The van der Waals surface area contributed by atoms with E-state index in [0.717, 1.165) is 47.5 Å². The summed E-state index contributed by atoms with van der Waals surface area (Å²) in [5, 5.41) is 0.672. The summed E-state index contributed by atoms with van der Waals surface area (Å²) in [5.41, 5.74) is 9.05. The number of anilines is 1. The minimum Gasteiger partial charge on any atom is -0.365 e. The Balaban J connectivity index is 1.43. The van der Waals surface area contributed by atoms with Gasteiger partial charge in [-0.05, 0) is 71.6 Å². The highest BCUT2D eigenvalue weighted by molar-refractivity contribution is 9.10. The standard InChI is InChI=1S/C31H35BrN4O3S2/c1-31(2,23-7-5-6-21(14-23)20-36-12-10-34(3)11-13-36)24-17-25(32)19-26(18-24)35(4)41(38,39)27-8-9-28-22(15-27)16-29(40-28)30(33)37/h5-9,14-19H,10-13,20H2,1-4H3,(H2,33,37). The molecule has 1 amide bonds. The first-order valence-corrected chi connectivity index (χ1v) is 16.5. The Morgan fingerprint density at radius 2 is 1.73 bits per heavy atom. The molecule has 4 aromatic rings. The molecule has 0 atom stereocenters. The van der Waals surface area contributed by atoms with Gasteiger partial charge in [-0.1, -0.05) is 54.0 Å². The quantitative estimate of drug-likeness (QED) is 0.265. The van der Waals surface area contributed by atoms with Crippen LogP contribution in [-0.2, 0) is 22.0 Å². The van der Waals surface area contributed by atoms with E-state index in [2.05, 4.69) is 77.0 Å². The highest BCUT2D eigenvalue weighted by Crippen LogP contribution is 2.37. The number of halogens is 1. The maximum Gasteiger partial charge on any atom is 0.264 e. The van der Waals surface area contributed by atoms with E-state index < -0.39 is 15.9 Å². The van der Waals surface area contributed by atoms with Crippen LogP contribution in [0.5, 0.6) is 0 Å². The Morgan fingerprint density at radius 1 is 1.00 bits per heavy atom. The molecule has 2 heterocycles. The Hall–Kier alpha value is -2.76. The number of hydrogen-bond acceptors (Lipinski definition) is 6. The lowest BCUT2D eigenvalue weighted by molar-refractivity contribution is 0.100. The fraction of sp³-hybridized carbons (Fsp3) is 0.323. The Bertz CT molecular complexity index is 1710. The molecule has 0 spiro atoms. The molecular formula is C31H35BrN4O3S2. The number of primary amides is 1. The van der Waals surface area contributed by atoms with Crippen LogP contribution in [0.25, 0.3) is 10.1 Å². The maximum absolute atomic E-state index is 13.7. The van der Waals surface area contributed by atoms with Crippen molar-refractivity contribution in [3.8, 4) is 0 Å². The van der Waals surface area contributed by atoms with Crippen LogP contribution in [0, 0.1) is 0 Å². The number of carbonyl (C=O) groups excluding carboxylic acids is 1. The van der Waals surface area contributed by atoms with Crippen molar-refractivity contribution in [2.45, 2.75) is 30.7 Å². The molecule has 2 N–H and O–H groups in total. The number of thiophene rings is 1. The van der Waals surface area contributed by atoms with Crippen molar-refractivity contribution in [2.24, 2.45) is 5.73 Å². The van der Waals surface area contributed by atoms with Crippen LogP contribution in [0.3, 0.4) is 0 Å². The van der Waals surface area contributed by atoms with Crippen LogP contribution in [-0.4, -0.2) is 64.4 Å². The van der Waals surface area contributed by atoms with Gasteiger partial charge in [0.2, 0.25) is 0 Å². The molecule has 0 saturated carbocycles. The number of rotatable bonds is 8. The van der Waals surface area contributed by atoms with Crippen LogP contribution >= 0.6 is 27.3 Å². The van der Waals surface area contributed by atoms with Gasteiger partial charge in [0.1, 0.15) is 0 Å². The number of piperazine rings is 1. The Morgan fingerprint density at radius 3 is 2.44 bits per heavy atom. The third-order valence-electron chi connectivity index (χ3n) is 8.01. The molecule has 0 bridgehead atoms. The predicted molar refractivity (Wildman–Crippen MR) is 171 cm³/mol. The summed E-state index contributed by atoms with van der Waals surface area (Å²) in [6, 6.07) is 21.1. The van der Waals surface area contributed by atoms with E-state index in [1.54, 1.807) is 31.3 Å². The number of sulfonamides is 1. The fourth-order valence-corrected chi connectivity index (χ4v) is 7.80. The topological polar surface area (TPSA) is 86.9 Å². The van der Waals surface area contributed by atoms with Gasteiger partial charge in [0.15, 0.2) is 0 Å². The van der Waals surface area contributed by atoms with E-state index >= 15 is 0 Å². The van der Waals surface area contributed by atoms with Gasteiger partial charge in [0, 0.05) is 54.4 Å². The third kappa shape index (κ3) is 6.22. The number of nitrogens with zero attached hydrogens (tertiary/aromatic N) is 3. The van der Waals surface area contributed by atoms with Crippen molar-refractivity contribution in [2.75, 3.05) is 44.6 Å². The molecule has 1 aromatic heterocycles. The summed E-state index contributed by atoms with van der Waals surface area (Å²) >= 11 is 4.88. The smallest absolute Gasteiger partial charge is 0.264 e. The summed E-state index contributed by atoms with van der Waals surface area (Å²) in [4.78, 5) is 17.0. The summed E-state index contributed by atoms with van der Waals surface area (Å²) in [7, 11) is -0.141. The third-order valence-corrected chi connectivity index (χ3v) is 11.4. The number of benzene rings is 3. The van der Waals surface area contributed by atoms with E-state index in [1.165, 1.54) is 26.8 Å². The zero-order chi connectivity index (χ0) is 29.5. The monoisotopic (exact) mass is 654 g/mol. The van der Waals surface area contributed by atoms with E-state index in [0.29, 0.717) is 16.0 Å². The van der Waals surface area contributed by atoms with E-state index in [4.69, 9.17) is 5.73 Å². The van der Waals surface area contributed by atoms with Gasteiger partial charge >= 0.3 is 0 Å². The first-order chi connectivity index (χ1) is 19.3. The zero-order valence-corrected chi connectivity index (χ0v) is 26.9. The van der Waals surface area contributed by atoms with Crippen LogP contribution in [0.4, 0.5) is 5.69 Å². The lowest BCUT2D eigenvalue weighted by Gasteiger charge is -2.33. The van der Waals surface area contributed by atoms with Gasteiger partial charge in [-0.2, -0.15) is 0 Å². The Labute approximate surface area is 254 Å². The number of fused-ring (bicyclic) bond motifs is 1. The lowest BCUT2D eigenvalue weighted by atomic mass is 9.77. The molecule has 3 aromatic carbocycles. The first kappa shape index (κ1) is 29.7. The minimum atomic E-state index is -3.87. The van der Waals surface area contributed by atoms with E-state index in [9.17, 15) is 13.2 Å². The van der Waals surface area contributed by atoms with Gasteiger partial charge in [0.05, 0.1) is 15.5 Å². The molecule has 10 heteroatoms. The van der Waals surface area contributed by atoms with Gasteiger partial charge in [-0.15, -0.1) is 11.3 Å². The van der Waals surface area contributed by atoms with Crippen molar-refractivity contribution >= 4 is 59.0 Å². The number of hydrogen-bond donors (Lipinski definition) is 1. The van der Waals surface area contributed by atoms with Gasteiger partial charge in [-0.25, -0.2) is 8.42 Å². The maximum atomic E-state index is 13.7. The molecular weight excluding hydrogens is 620 g/mol. The predicted octanol–water partition coefficient (Wildman–Crippen LogP) is 5.66. The molecule has 1 saturated heterocycles. The molecule has 0 radical (unpaired) electrons. The van der Waals surface area contributed by atoms with Crippen molar-refractivity contribution < 1.29 is 13.2 Å². The van der Waals surface area contributed by atoms with Crippen LogP contribution in [0.1, 0.15) is 40.2 Å². The number of amides is 1. The average Bonchev–Trinajstić information content (AvgIpc) is 3.38. The van der Waals surface area contributed by atoms with Crippen molar-refractivity contribution in [3.05, 3.63) is 92.8 Å². The second kappa shape index (κ2) is 11.5.